The molecule has 1 heterocycles. The summed E-state index contributed by atoms with van der Waals surface area (Å²) in [6.07, 6.45) is 2.31. The van der Waals surface area contributed by atoms with E-state index in [1.54, 1.807) is 12.1 Å². The van der Waals surface area contributed by atoms with E-state index in [1.165, 1.54) is 5.56 Å². The Morgan fingerprint density at radius 1 is 1.21 bits per heavy atom. The summed E-state index contributed by atoms with van der Waals surface area (Å²) >= 11 is 0. The second kappa shape index (κ2) is 7.05. The van der Waals surface area contributed by atoms with E-state index in [0.717, 1.165) is 45.1 Å². The number of rotatable bonds is 5. The Labute approximate surface area is 115 Å². The molecule has 0 saturated carbocycles. The van der Waals surface area contributed by atoms with Crippen molar-refractivity contribution < 1.29 is 14.8 Å². The molecule has 1 aliphatic heterocycles. The molecule has 0 radical (unpaired) electrons. The lowest BCUT2D eigenvalue weighted by Gasteiger charge is -2.27. The standard InChI is InChI=1S/C14H22BNO3/c1-16(11-13-6-8-19-9-7-13)10-12-2-4-14(5-3-12)15(17)18/h2-5,13,17-18H,6-11H2,1H3. The van der Waals surface area contributed by atoms with E-state index in [9.17, 15) is 0 Å². The van der Waals surface area contributed by atoms with Crippen molar-refractivity contribution in [2.24, 2.45) is 5.92 Å². The van der Waals surface area contributed by atoms with Crippen LogP contribution in [-0.2, 0) is 11.3 Å². The van der Waals surface area contributed by atoms with E-state index in [2.05, 4.69) is 11.9 Å². The molecule has 1 aromatic rings. The molecule has 0 atom stereocenters. The molecule has 104 valence electrons. The molecule has 1 aliphatic rings. The number of hydrogen-bond acceptors (Lipinski definition) is 4. The lowest BCUT2D eigenvalue weighted by molar-refractivity contribution is 0.0549. The van der Waals surface area contributed by atoms with E-state index in [1.807, 2.05) is 12.1 Å². The van der Waals surface area contributed by atoms with Gasteiger partial charge in [0.15, 0.2) is 0 Å². The van der Waals surface area contributed by atoms with Crippen LogP contribution in [-0.4, -0.2) is 48.9 Å². The minimum absolute atomic E-state index is 0.538. The fraction of sp³-hybridized carbons (Fsp3) is 0.571. The van der Waals surface area contributed by atoms with Crippen LogP contribution in [0, 0.1) is 5.92 Å². The van der Waals surface area contributed by atoms with Crippen molar-refractivity contribution in [3.8, 4) is 0 Å². The van der Waals surface area contributed by atoms with Gasteiger partial charge in [0.1, 0.15) is 0 Å². The molecule has 2 rings (SSSR count). The third kappa shape index (κ3) is 4.62. The van der Waals surface area contributed by atoms with Crippen LogP contribution in [0.15, 0.2) is 24.3 Å². The van der Waals surface area contributed by atoms with Crippen molar-refractivity contribution in [2.45, 2.75) is 19.4 Å². The third-order valence-corrected chi connectivity index (χ3v) is 3.64. The molecular weight excluding hydrogens is 241 g/mol. The van der Waals surface area contributed by atoms with Crippen LogP contribution in [0.4, 0.5) is 0 Å². The molecule has 1 fully saturated rings. The zero-order valence-corrected chi connectivity index (χ0v) is 11.5. The number of hydrogen-bond donors (Lipinski definition) is 2. The predicted octanol–water partition coefficient (Wildman–Crippen LogP) is 0.225. The van der Waals surface area contributed by atoms with Gasteiger partial charge in [-0.3, -0.25) is 0 Å². The quantitative estimate of drug-likeness (QED) is 0.746. The lowest BCUT2D eigenvalue weighted by atomic mass is 9.80. The maximum Gasteiger partial charge on any atom is 0.488 e. The molecule has 0 amide bonds. The smallest absolute Gasteiger partial charge is 0.423 e. The zero-order valence-electron chi connectivity index (χ0n) is 11.5. The summed E-state index contributed by atoms with van der Waals surface area (Å²) in [7, 11) is 0.749. The number of nitrogens with zero attached hydrogens (tertiary/aromatic N) is 1. The Bertz CT molecular complexity index is 377. The second-order valence-corrected chi connectivity index (χ2v) is 5.37. The molecule has 0 aromatic heterocycles. The SMILES string of the molecule is CN(Cc1ccc(B(O)O)cc1)CC1CCOCC1. The van der Waals surface area contributed by atoms with Crippen molar-refractivity contribution in [1.82, 2.24) is 4.90 Å². The number of benzene rings is 1. The van der Waals surface area contributed by atoms with Crippen molar-refractivity contribution in [3.05, 3.63) is 29.8 Å². The van der Waals surface area contributed by atoms with E-state index >= 15 is 0 Å². The first-order chi connectivity index (χ1) is 9.15. The summed E-state index contributed by atoms with van der Waals surface area (Å²) in [5.74, 6) is 0.734. The van der Waals surface area contributed by atoms with Crippen LogP contribution in [0.3, 0.4) is 0 Å². The van der Waals surface area contributed by atoms with Gasteiger partial charge < -0.3 is 19.7 Å². The zero-order chi connectivity index (χ0) is 13.7. The van der Waals surface area contributed by atoms with Gasteiger partial charge in [0, 0.05) is 26.3 Å². The molecule has 1 saturated heterocycles. The Hall–Kier alpha value is -0.875. The highest BCUT2D eigenvalue weighted by Gasteiger charge is 2.16. The van der Waals surface area contributed by atoms with Gasteiger partial charge in [0.25, 0.3) is 0 Å². The monoisotopic (exact) mass is 263 g/mol. The number of ether oxygens (including phenoxy) is 1. The van der Waals surface area contributed by atoms with Gasteiger partial charge in [-0.05, 0) is 36.8 Å². The van der Waals surface area contributed by atoms with Crippen molar-refractivity contribution >= 4 is 12.6 Å². The van der Waals surface area contributed by atoms with Gasteiger partial charge in [-0.25, -0.2) is 0 Å². The molecule has 2 N–H and O–H groups in total. The molecule has 0 aliphatic carbocycles. The van der Waals surface area contributed by atoms with E-state index in [0.29, 0.717) is 5.46 Å². The summed E-state index contributed by atoms with van der Waals surface area (Å²) in [5.41, 5.74) is 1.73. The van der Waals surface area contributed by atoms with Gasteiger partial charge in [0.2, 0.25) is 0 Å². The molecular formula is C14H22BNO3. The van der Waals surface area contributed by atoms with Crippen LogP contribution in [0.25, 0.3) is 0 Å². The van der Waals surface area contributed by atoms with Gasteiger partial charge in [-0.1, -0.05) is 24.3 Å². The minimum Gasteiger partial charge on any atom is -0.423 e. The second-order valence-electron chi connectivity index (χ2n) is 5.37. The molecule has 0 bridgehead atoms. The van der Waals surface area contributed by atoms with Crippen LogP contribution in [0.2, 0.25) is 0 Å². The first-order valence-electron chi connectivity index (χ1n) is 6.86. The molecule has 0 unspecified atom stereocenters. The van der Waals surface area contributed by atoms with E-state index in [4.69, 9.17) is 14.8 Å². The Kier molecular flexibility index (Phi) is 5.40. The van der Waals surface area contributed by atoms with Gasteiger partial charge >= 0.3 is 7.12 Å². The fourth-order valence-corrected chi connectivity index (χ4v) is 2.54. The maximum atomic E-state index is 9.05. The topological polar surface area (TPSA) is 52.9 Å². The van der Waals surface area contributed by atoms with Crippen molar-refractivity contribution in [3.63, 3.8) is 0 Å². The Balaban J connectivity index is 1.82. The summed E-state index contributed by atoms with van der Waals surface area (Å²) in [5, 5.41) is 18.1. The summed E-state index contributed by atoms with van der Waals surface area (Å²) < 4.78 is 5.37. The largest absolute Gasteiger partial charge is 0.488 e. The summed E-state index contributed by atoms with van der Waals surface area (Å²) in [4.78, 5) is 2.32. The predicted molar refractivity (Wildman–Crippen MR) is 76.1 cm³/mol. The fourth-order valence-electron chi connectivity index (χ4n) is 2.54. The van der Waals surface area contributed by atoms with Crippen molar-refractivity contribution in [1.29, 1.82) is 0 Å². The molecule has 0 spiro atoms. The normalized spacial score (nSPS) is 16.8. The van der Waals surface area contributed by atoms with Gasteiger partial charge in [-0.15, -0.1) is 0 Å². The van der Waals surface area contributed by atoms with E-state index < -0.39 is 7.12 Å². The van der Waals surface area contributed by atoms with Gasteiger partial charge in [-0.2, -0.15) is 0 Å². The molecule has 1 aromatic carbocycles. The Morgan fingerprint density at radius 2 is 1.84 bits per heavy atom. The van der Waals surface area contributed by atoms with Crippen molar-refractivity contribution in [2.75, 3.05) is 26.8 Å². The van der Waals surface area contributed by atoms with Crippen LogP contribution < -0.4 is 5.46 Å². The average Bonchev–Trinajstić information content (AvgIpc) is 2.40. The van der Waals surface area contributed by atoms with E-state index in [-0.39, 0.29) is 0 Å². The summed E-state index contributed by atoms with van der Waals surface area (Å²) in [6.45, 7) is 3.76. The highest BCUT2D eigenvalue weighted by atomic mass is 16.5. The van der Waals surface area contributed by atoms with Gasteiger partial charge in [0.05, 0.1) is 0 Å². The molecule has 4 nitrogen and oxygen atoms in total. The first-order valence-corrected chi connectivity index (χ1v) is 6.86. The minimum atomic E-state index is -1.38. The lowest BCUT2D eigenvalue weighted by Crippen LogP contribution is -2.31. The van der Waals surface area contributed by atoms with Crippen LogP contribution >= 0.6 is 0 Å². The van der Waals surface area contributed by atoms with Crippen LogP contribution in [0.5, 0.6) is 0 Å². The summed E-state index contributed by atoms with van der Waals surface area (Å²) in [6, 6.07) is 7.44. The average molecular weight is 263 g/mol. The first kappa shape index (κ1) is 14.5. The van der Waals surface area contributed by atoms with Crippen LogP contribution in [0.1, 0.15) is 18.4 Å². The third-order valence-electron chi connectivity index (χ3n) is 3.64. The molecule has 5 heteroatoms. The Morgan fingerprint density at radius 3 is 2.42 bits per heavy atom. The molecule has 19 heavy (non-hydrogen) atoms. The highest BCUT2D eigenvalue weighted by molar-refractivity contribution is 6.58. The maximum absolute atomic E-state index is 9.05. The highest BCUT2D eigenvalue weighted by Crippen LogP contribution is 2.16.